The van der Waals surface area contributed by atoms with Gasteiger partial charge >= 0.3 is 6.18 Å². The summed E-state index contributed by atoms with van der Waals surface area (Å²) < 4.78 is 44.5. The normalized spacial score (nSPS) is 12.0. The van der Waals surface area contributed by atoms with Crippen molar-refractivity contribution >= 4 is 0 Å². The van der Waals surface area contributed by atoms with Crippen molar-refractivity contribution in [2.75, 3.05) is 33.8 Å². The average molecular weight is 304 g/mol. The number of hydrogen-bond acceptors (Lipinski definition) is 3. The van der Waals surface area contributed by atoms with Gasteiger partial charge in [-0.05, 0) is 44.8 Å². The average Bonchev–Trinajstić information content (AvgIpc) is 2.38. The summed E-state index contributed by atoms with van der Waals surface area (Å²) in [5.41, 5.74) is -0.104. The van der Waals surface area contributed by atoms with E-state index in [-0.39, 0.29) is 12.4 Å². The van der Waals surface area contributed by atoms with E-state index in [2.05, 4.69) is 5.32 Å². The van der Waals surface area contributed by atoms with Crippen molar-refractivity contribution in [2.24, 2.45) is 0 Å². The Morgan fingerprint density at radius 1 is 1.24 bits per heavy atom. The van der Waals surface area contributed by atoms with Crippen LogP contribution in [0.3, 0.4) is 0 Å². The molecule has 0 unspecified atom stereocenters. The summed E-state index contributed by atoms with van der Waals surface area (Å²) in [6.07, 6.45) is -3.47. The number of ether oxygens (including phenoxy) is 1. The molecule has 0 aliphatic rings. The minimum atomic E-state index is -4.41. The van der Waals surface area contributed by atoms with Crippen LogP contribution in [0.1, 0.15) is 24.5 Å². The van der Waals surface area contributed by atoms with Gasteiger partial charge in [0.15, 0.2) is 0 Å². The first kappa shape index (κ1) is 17.8. The molecule has 0 aliphatic carbocycles. The molecule has 0 bridgehead atoms. The first-order chi connectivity index (χ1) is 9.84. The van der Waals surface area contributed by atoms with Crippen molar-refractivity contribution in [1.82, 2.24) is 10.2 Å². The zero-order valence-corrected chi connectivity index (χ0v) is 12.8. The molecule has 0 atom stereocenters. The van der Waals surface area contributed by atoms with Crippen molar-refractivity contribution in [2.45, 2.75) is 26.1 Å². The maximum Gasteiger partial charge on any atom is 0.419 e. The van der Waals surface area contributed by atoms with Gasteiger partial charge in [0, 0.05) is 13.1 Å². The second-order valence-electron chi connectivity index (χ2n) is 5.16. The molecule has 0 aliphatic heterocycles. The predicted octanol–water partition coefficient (Wildman–Crippen LogP) is 3.15. The van der Waals surface area contributed by atoms with Crippen molar-refractivity contribution in [3.8, 4) is 5.75 Å². The SMILES string of the molecule is CCCNCc1ccc(OCCN(C)C)c(C(F)(F)F)c1. The van der Waals surface area contributed by atoms with Crippen LogP contribution in [0.2, 0.25) is 0 Å². The maximum absolute atomic E-state index is 13.1. The Morgan fingerprint density at radius 2 is 1.95 bits per heavy atom. The second kappa shape index (κ2) is 8.24. The third kappa shape index (κ3) is 6.35. The van der Waals surface area contributed by atoms with Crippen LogP contribution >= 0.6 is 0 Å². The van der Waals surface area contributed by atoms with Crippen LogP contribution in [0.15, 0.2) is 18.2 Å². The molecule has 0 spiro atoms. The first-order valence-corrected chi connectivity index (χ1v) is 7.03. The molecule has 0 saturated carbocycles. The molecule has 0 heterocycles. The van der Waals surface area contributed by atoms with Gasteiger partial charge in [0.25, 0.3) is 0 Å². The fourth-order valence-electron chi connectivity index (χ4n) is 1.78. The van der Waals surface area contributed by atoms with Crippen LogP contribution in [0.5, 0.6) is 5.75 Å². The number of nitrogens with zero attached hydrogens (tertiary/aromatic N) is 1. The van der Waals surface area contributed by atoms with Crippen LogP contribution in [0.25, 0.3) is 0 Å². The minimum absolute atomic E-state index is 0.108. The van der Waals surface area contributed by atoms with E-state index in [1.165, 1.54) is 6.07 Å². The van der Waals surface area contributed by atoms with Crippen LogP contribution in [-0.2, 0) is 12.7 Å². The van der Waals surface area contributed by atoms with Crippen molar-refractivity contribution in [3.05, 3.63) is 29.3 Å². The molecule has 21 heavy (non-hydrogen) atoms. The molecule has 120 valence electrons. The van der Waals surface area contributed by atoms with Crippen molar-refractivity contribution < 1.29 is 17.9 Å². The van der Waals surface area contributed by atoms with E-state index < -0.39 is 11.7 Å². The summed E-state index contributed by atoms with van der Waals surface area (Å²) in [4.78, 5) is 1.86. The highest BCUT2D eigenvalue weighted by atomic mass is 19.4. The maximum atomic E-state index is 13.1. The Balaban J connectivity index is 2.82. The second-order valence-corrected chi connectivity index (χ2v) is 5.16. The van der Waals surface area contributed by atoms with Crippen LogP contribution < -0.4 is 10.1 Å². The third-order valence-corrected chi connectivity index (χ3v) is 2.90. The predicted molar refractivity (Wildman–Crippen MR) is 77.5 cm³/mol. The Morgan fingerprint density at radius 3 is 2.52 bits per heavy atom. The number of benzene rings is 1. The molecule has 0 fully saturated rings. The number of hydrogen-bond donors (Lipinski definition) is 1. The Labute approximate surface area is 124 Å². The largest absolute Gasteiger partial charge is 0.492 e. The Bertz CT molecular complexity index is 433. The Kier molecular flexibility index (Phi) is 6.98. The molecular formula is C15H23F3N2O. The summed E-state index contributed by atoms with van der Waals surface area (Å²) >= 11 is 0. The van der Waals surface area contributed by atoms with Crippen LogP contribution in [0, 0.1) is 0 Å². The van der Waals surface area contributed by atoms with Gasteiger partial charge in [-0.3, -0.25) is 0 Å². The molecule has 0 saturated heterocycles. The molecule has 1 aromatic carbocycles. The van der Waals surface area contributed by atoms with Gasteiger partial charge in [0.1, 0.15) is 12.4 Å². The number of likely N-dealkylation sites (N-methyl/N-ethyl adjacent to an activating group) is 1. The van der Waals surface area contributed by atoms with Gasteiger partial charge in [-0.25, -0.2) is 0 Å². The van der Waals surface area contributed by atoms with Crippen molar-refractivity contribution in [3.63, 3.8) is 0 Å². The molecule has 6 heteroatoms. The molecule has 0 amide bonds. The highest BCUT2D eigenvalue weighted by Gasteiger charge is 2.34. The molecule has 1 N–H and O–H groups in total. The quantitative estimate of drug-likeness (QED) is 0.747. The molecule has 3 nitrogen and oxygen atoms in total. The summed E-state index contributed by atoms with van der Waals surface area (Å²) in [5, 5.41) is 3.09. The zero-order chi connectivity index (χ0) is 15.9. The monoisotopic (exact) mass is 304 g/mol. The van der Waals surface area contributed by atoms with E-state index in [1.807, 2.05) is 25.9 Å². The molecule has 1 rings (SSSR count). The van der Waals surface area contributed by atoms with Gasteiger partial charge < -0.3 is 15.0 Å². The van der Waals surface area contributed by atoms with Gasteiger partial charge in [-0.1, -0.05) is 13.0 Å². The molecular weight excluding hydrogens is 281 g/mol. The van der Waals surface area contributed by atoms with E-state index in [1.54, 1.807) is 6.07 Å². The molecule has 1 aromatic rings. The van der Waals surface area contributed by atoms with Crippen LogP contribution in [-0.4, -0.2) is 38.7 Å². The molecule has 0 radical (unpaired) electrons. The third-order valence-electron chi connectivity index (χ3n) is 2.90. The fraction of sp³-hybridized carbons (Fsp3) is 0.600. The van der Waals surface area contributed by atoms with Gasteiger partial charge in [0.05, 0.1) is 5.56 Å². The number of halogens is 3. The summed E-state index contributed by atoms with van der Waals surface area (Å²) in [7, 11) is 3.69. The molecule has 0 aromatic heterocycles. The first-order valence-electron chi connectivity index (χ1n) is 7.03. The van der Waals surface area contributed by atoms with Crippen LogP contribution in [0.4, 0.5) is 13.2 Å². The summed E-state index contributed by atoms with van der Waals surface area (Å²) in [6.45, 7) is 4.01. The lowest BCUT2D eigenvalue weighted by atomic mass is 10.1. The Hall–Kier alpha value is -1.27. The minimum Gasteiger partial charge on any atom is -0.492 e. The van der Waals surface area contributed by atoms with Crippen molar-refractivity contribution in [1.29, 1.82) is 0 Å². The standard InChI is InChI=1S/C15H23F3N2O/c1-4-7-19-11-12-5-6-14(21-9-8-20(2)3)13(10-12)15(16,17)18/h5-6,10,19H,4,7-9,11H2,1-3H3. The van der Waals surface area contributed by atoms with Gasteiger partial charge in [0.2, 0.25) is 0 Å². The van der Waals surface area contributed by atoms with E-state index in [0.717, 1.165) is 19.0 Å². The van der Waals surface area contributed by atoms with Gasteiger partial charge in [-0.2, -0.15) is 13.2 Å². The highest BCUT2D eigenvalue weighted by molar-refractivity contribution is 5.39. The van der Waals surface area contributed by atoms with E-state index in [4.69, 9.17) is 4.74 Å². The lowest BCUT2D eigenvalue weighted by molar-refractivity contribution is -0.139. The van der Waals surface area contributed by atoms with Gasteiger partial charge in [-0.15, -0.1) is 0 Å². The fourth-order valence-corrected chi connectivity index (χ4v) is 1.78. The lowest BCUT2D eigenvalue weighted by Crippen LogP contribution is -2.20. The smallest absolute Gasteiger partial charge is 0.419 e. The number of alkyl halides is 3. The zero-order valence-electron chi connectivity index (χ0n) is 12.8. The lowest BCUT2D eigenvalue weighted by Gasteiger charge is -2.17. The van der Waals surface area contributed by atoms with E-state index in [9.17, 15) is 13.2 Å². The topological polar surface area (TPSA) is 24.5 Å². The number of rotatable bonds is 8. The van der Waals surface area contributed by atoms with E-state index >= 15 is 0 Å². The number of nitrogens with one attached hydrogen (secondary N) is 1. The summed E-state index contributed by atoms with van der Waals surface area (Å²) in [5.74, 6) is -0.108. The van der Waals surface area contributed by atoms with E-state index in [0.29, 0.717) is 18.7 Å². The summed E-state index contributed by atoms with van der Waals surface area (Å²) in [6, 6.07) is 4.23. The highest BCUT2D eigenvalue weighted by Crippen LogP contribution is 2.36.